The molecule has 1 heterocycles. The van der Waals surface area contributed by atoms with Crippen molar-refractivity contribution in [3.8, 4) is 5.75 Å². The lowest BCUT2D eigenvalue weighted by Crippen LogP contribution is -2.05. The molecule has 5 nitrogen and oxygen atoms in total. The van der Waals surface area contributed by atoms with Gasteiger partial charge in [-0.05, 0) is 30.2 Å². The highest BCUT2D eigenvalue weighted by Crippen LogP contribution is 2.23. The molecule has 1 aromatic carbocycles. The zero-order chi connectivity index (χ0) is 14.0. The molecule has 0 bridgehead atoms. The monoisotopic (exact) mass is 262 g/mol. The highest BCUT2D eigenvalue weighted by Gasteiger charge is 2.11. The topological polar surface area (TPSA) is 87.0 Å². The van der Waals surface area contributed by atoms with E-state index in [9.17, 15) is 4.39 Å². The van der Waals surface area contributed by atoms with Crippen LogP contribution in [0, 0.1) is 12.7 Å². The summed E-state index contributed by atoms with van der Waals surface area (Å²) in [5.74, 6) is 0.917. The van der Waals surface area contributed by atoms with Crippen molar-refractivity contribution in [1.29, 1.82) is 0 Å². The van der Waals surface area contributed by atoms with E-state index in [-0.39, 0.29) is 18.1 Å². The van der Waals surface area contributed by atoms with Gasteiger partial charge in [0.2, 0.25) is 0 Å². The third-order valence-electron chi connectivity index (χ3n) is 2.79. The zero-order valence-electron chi connectivity index (χ0n) is 10.8. The van der Waals surface area contributed by atoms with Gasteiger partial charge in [0.05, 0.1) is 19.0 Å². The second kappa shape index (κ2) is 5.09. The molecule has 0 saturated carbocycles. The van der Waals surface area contributed by atoms with Crippen LogP contribution in [0.1, 0.15) is 17.0 Å². The van der Waals surface area contributed by atoms with Gasteiger partial charge in [0, 0.05) is 6.42 Å². The first-order valence-corrected chi connectivity index (χ1v) is 5.71. The molecule has 6 heteroatoms. The van der Waals surface area contributed by atoms with Crippen molar-refractivity contribution in [3.05, 3.63) is 41.1 Å². The second-order valence-corrected chi connectivity index (χ2v) is 4.22. The van der Waals surface area contributed by atoms with E-state index < -0.39 is 0 Å². The van der Waals surface area contributed by atoms with Crippen LogP contribution in [0.4, 0.5) is 15.9 Å². The number of benzene rings is 1. The number of aromatic nitrogens is 2. The van der Waals surface area contributed by atoms with Gasteiger partial charge in [0.25, 0.3) is 0 Å². The number of hydrogen-bond acceptors (Lipinski definition) is 5. The molecule has 0 aliphatic heterocycles. The number of hydrogen-bond donors (Lipinski definition) is 2. The summed E-state index contributed by atoms with van der Waals surface area (Å²) in [6.07, 6.45) is 1.65. The molecule has 0 radical (unpaired) electrons. The van der Waals surface area contributed by atoms with Crippen molar-refractivity contribution >= 4 is 11.5 Å². The number of halogens is 1. The van der Waals surface area contributed by atoms with Gasteiger partial charge in [-0.25, -0.2) is 14.4 Å². The van der Waals surface area contributed by atoms with Crippen molar-refractivity contribution in [2.75, 3.05) is 18.6 Å². The van der Waals surface area contributed by atoms with Crippen LogP contribution in [0.5, 0.6) is 5.75 Å². The Kier molecular flexibility index (Phi) is 3.50. The molecule has 0 amide bonds. The van der Waals surface area contributed by atoms with Crippen molar-refractivity contribution in [2.24, 2.45) is 0 Å². The SMILES string of the molecule is COc1cc(C)c(F)c(Cc2ncc(N)c(N)n2)c1. The van der Waals surface area contributed by atoms with Gasteiger partial charge in [0.1, 0.15) is 23.2 Å². The average molecular weight is 262 g/mol. The minimum absolute atomic E-state index is 0.199. The number of anilines is 2. The molecule has 0 aliphatic carbocycles. The lowest BCUT2D eigenvalue weighted by Gasteiger charge is -2.09. The predicted octanol–water partition coefficient (Wildman–Crippen LogP) is 1.69. The standard InChI is InChI=1S/C13H15FN4O/c1-7-3-9(19-2)4-8(12(7)14)5-11-17-6-10(15)13(16)18-11/h3-4,6H,5,15H2,1-2H3,(H2,16,17,18). The van der Waals surface area contributed by atoms with Gasteiger partial charge in [-0.2, -0.15) is 0 Å². The number of rotatable bonds is 3. The van der Waals surface area contributed by atoms with Crippen LogP contribution in [0.25, 0.3) is 0 Å². The van der Waals surface area contributed by atoms with Crippen molar-refractivity contribution in [1.82, 2.24) is 9.97 Å². The normalized spacial score (nSPS) is 10.5. The molecule has 19 heavy (non-hydrogen) atoms. The van der Waals surface area contributed by atoms with E-state index in [1.165, 1.54) is 13.3 Å². The molecule has 2 aromatic rings. The molecule has 0 aliphatic rings. The molecule has 100 valence electrons. The van der Waals surface area contributed by atoms with Crippen LogP contribution in [-0.2, 0) is 6.42 Å². The zero-order valence-corrected chi connectivity index (χ0v) is 10.8. The molecule has 1 aromatic heterocycles. The molecule has 0 spiro atoms. The summed E-state index contributed by atoms with van der Waals surface area (Å²) in [5.41, 5.74) is 12.4. The van der Waals surface area contributed by atoms with E-state index in [4.69, 9.17) is 16.2 Å². The minimum Gasteiger partial charge on any atom is -0.497 e. The number of ether oxygens (including phenoxy) is 1. The number of methoxy groups -OCH3 is 1. The summed E-state index contributed by atoms with van der Waals surface area (Å²) in [6, 6.07) is 3.26. The summed E-state index contributed by atoms with van der Waals surface area (Å²) in [5, 5.41) is 0. The number of nitrogens with two attached hydrogens (primary N) is 2. The lowest BCUT2D eigenvalue weighted by atomic mass is 10.1. The molecule has 0 fully saturated rings. The summed E-state index contributed by atoms with van der Waals surface area (Å²) in [6.45, 7) is 1.68. The van der Waals surface area contributed by atoms with E-state index in [2.05, 4.69) is 9.97 Å². The molecule has 0 atom stereocenters. The first kappa shape index (κ1) is 13.1. The number of nitrogens with zero attached hydrogens (tertiary/aromatic N) is 2. The van der Waals surface area contributed by atoms with Crippen LogP contribution in [0.15, 0.2) is 18.3 Å². The quantitative estimate of drug-likeness (QED) is 0.878. The van der Waals surface area contributed by atoms with Gasteiger partial charge < -0.3 is 16.2 Å². The Morgan fingerprint density at radius 2 is 2.05 bits per heavy atom. The van der Waals surface area contributed by atoms with Gasteiger partial charge in [0.15, 0.2) is 0 Å². The third-order valence-corrected chi connectivity index (χ3v) is 2.79. The average Bonchev–Trinajstić information content (AvgIpc) is 2.39. The van der Waals surface area contributed by atoms with Crippen molar-refractivity contribution in [2.45, 2.75) is 13.3 Å². The fourth-order valence-corrected chi connectivity index (χ4v) is 1.75. The maximum atomic E-state index is 14.0. The van der Waals surface area contributed by atoms with Gasteiger partial charge in [-0.1, -0.05) is 0 Å². The number of nitrogen functional groups attached to an aromatic ring is 2. The van der Waals surface area contributed by atoms with E-state index in [1.807, 2.05) is 0 Å². The molecular formula is C13H15FN4O. The van der Waals surface area contributed by atoms with Crippen LogP contribution >= 0.6 is 0 Å². The van der Waals surface area contributed by atoms with Crippen LogP contribution in [-0.4, -0.2) is 17.1 Å². The summed E-state index contributed by atoms with van der Waals surface area (Å²) < 4.78 is 19.1. The first-order chi connectivity index (χ1) is 9.01. The van der Waals surface area contributed by atoms with Crippen LogP contribution in [0.3, 0.4) is 0 Å². The molecule has 4 N–H and O–H groups in total. The van der Waals surface area contributed by atoms with E-state index in [1.54, 1.807) is 19.1 Å². The molecular weight excluding hydrogens is 247 g/mol. The Morgan fingerprint density at radius 1 is 1.32 bits per heavy atom. The van der Waals surface area contributed by atoms with Gasteiger partial charge >= 0.3 is 0 Å². The Hall–Kier alpha value is -2.37. The van der Waals surface area contributed by atoms with Gasteiger partial charge in [-0.15, -0.1) is 0 Å². The van der Waals surface area contributed by atoms with E-state index in [0.29, 0.717) is 28.4 Å². The largest absolute Gasteiger partial charge is 0.497 e. The maximum absolute atomic E-state index is 14.0. The molecule has 0 saturated heterocycles. The summed E-state index contributed by atoms with van der Waals surface area (Å²) in [4.78, 5) is 8.07. The Bertz CT molecular complexity index is 616. The Labute approximate surface area is 110 Å². The highest BCUT2D eigenvalue weighted by atomic mass is 19.1. The van der Waals surface area contributed by atoms with Gasteiger partial charge in [-0.3, -0.25) is 0 Å². The fourth-order valence-electron chi connectivity index (χ4n) is 1.75. The minimum atomic E-state index is -0.292. The van der Waals surface area contributed by atoms with E-state index >= 15 is 0 Å². The Balaban J connectivity index is 2.37. The molecule has 2 rings (SSSR count). The van der Waals surface area contributed by atoms with E-state index in [0.717, 1.165) is 0 Å². The Morgan fingerprint density at radius 3 is 2.68 bits per heavy atom. The highest BCUT2D eigenvalue weighted by molar-refractivity contribution is 5.56. The lowest BCUT2D eigenvalue weighted by molar-refractivity contribution is 0.412. The summed E-state index contributed by atoms with van der Waals surface area (Å²) in [7, 11) is 1.54. The first-order valence-electron chi connectivity index (χ1n) is 5.71. The smallest absolute Gasteiger partial charge is 0.150 e. The second-order valence-electron chi connectivity index (χ2n) is 4.22. The van der Waals surface area contributed by atoms with Crippen molar-refractivity contribution < 1.29 is 9.13 Å². The van der Waals surface area contributed by atoms with Crippen LogP contribution < -0.4 is 16.2 Å². The van der Waals surface area contributed by atoms with Crippen molar-refractivity contribution in [3.63, 3.8) is 0 Å². The van der Waals surface area contributed by atoms with Crippen LogP contribution in [0.2, 0.25) is 0 Å². The third kappa shape index (κ3) is 2.73. The predicted molar refractivity (Wildman–Crippen MR) is 71.4 cm³/mol. The fraction of sp³-hybridized carbons (Fsp3) is 0.231. The molecule has 0 unspecified atom stereocenters. The maximum Gasteiger partial charge on any atom is 0.150 e. The number of aryl methyl sites for hydroxylation is 1. The summed E-state index contributed by atoms with van der Waals surface area (Å²) >= 11 is 0.